The summed E-state index contributed by atoms with van der Waals surface area (Å²) in [4.78, 5) is 28.1. The second-order valence-electron chi connectivity index (χ2n) is 14.4. The minimum Gasteiger partial charge on any atom is -0.423 e. The third-order valence-corrected chi connectivity index (χ3v) is 11.1. The van der Waals surface area contributed by atoms with Gasteiger partial charge in [-0.2, -0.15) is 26.7 Å². The van der Waals surface area contributed by atoms with Gasteiger partial charge < -0.3 is 34.7 Å². The first-order chi connectivity index (χ1) is 29.9. The van der Waals surface area contributed by atoms with Crippen molar-refractivity contribution in [1.29, 1.82) is 0 Å². The minimum atomic E-state index is -5.86. The lowest BCUT2D eigenvalue weighted by Crippen LogP contribution is -2.39. The van der Waals surface area contributed by atoms with Crippen molar-refractivity contribution in [3.63, 3.8) is 0 Å². The van der Waals surface area contributed by atoms with E-state index in [2.05, 4.69) is 60.3 Å². The summed E-state index contributed by atoms with van der Waals surface area (Å²) in [7, 11) is -7.21. The van der Waals surface area contributed by atoms with Gasteiger partial charge in [0, 0.05) is 69.9 Å². The van der Waals surface area contributed by atoms with Crippen molar-refractivity contribution in [2.24, 2.45) is 0 Å². The van der Waals surface area contributed by atoms with Gasteiger partial charge in [0.1, 0.15) is 0 Å². The maximum absolute atomic E-state index is 12.7. The van der Waals surface area contributed by atoms with Gasteiger partial charge in [0.05, 0.1) is 24.3 Å². The molecule has 4 aromatic carbocycles. The molecule has 0 radical (unpaired) electrons. The lowest BCUT2D eigenvalue weighted by atomic mass is 9.80. The highest BCUT2D eigenvalue weighted by atomic mass is 35.5. The molecule has 0 saturated heterocycles. The molecular formula is C41H40BCl2F3N8O7S. The van der Waals surface area contributed by atoms with Gasteiger partial charge in [-0.3, -0.25) is 10.2 Å². The number of nitrogens with one attached hydrogen (secondary N) is 4. The van der Waals surface area contributed by atoms with Crippen molar-refractivity contribution < 1.29 is 45.4 Å². The Hall–Kier alpha value is -6.06. The van der Waals surface area contributed by atoms with E-state index in [1.807, 2.05) is 31.2 Å². The molecule has 0 unspecified atom stereocenters. The van der Waals surface area contributed by atoms with Gasteiger partial charge in [-0.15, -0.1) is 5.10 Å². The van der Waals surface area contributed by atoms with E-state index in [0.29, 0.717) is 45.7 Å². The molecule has 2 aliphatic heterocycles. The van der Waals surface area contributed by atoms with Crippen LogP contribution < -0.4 is 20.3 Å². The van der Waals surface area contributed by atoms with Gasteiger partial charge in [0.25, 0.3) is 5.88 Å². The number of alkyl halides is 3. The summed E-state index contributed by atoms with van der Waals surface area (Å²) in [5, 5.41) is 37.5. The van der Waals surface area contributed by atoms with Crippen LogP contribution in [0, 0.1) is 13.8 Å². The molecule has 6 aromatic rings. The van der Waals surface area contributed by atoms with E-state index >= 15 is 0 Å². The van der Waals surface area contributed by atoms with Crippen molar-refractivity contribution in [3.05, 3.63) is 141 Å². The zero-order valence-electron chi connectivity index (χ0n) is 33.6. The van der Waals surface area contributed by atoms with Crippen LogP contribution in [0.3, 0.4) is 0 Å². The van der Waals surface area contributed by atoms with Crippen molar-refractivity contribution >= 4 is 69.3 Å². The van der Waals surface area contributed by atoms with Gasteiger partial charge in [-0.05, 0) is 61.8 Å². The maximum Gasteiger partial charge on any atom is 0.534 e. The number of halogens is 5. The van der Waals surface area contributed by atoms with Crippen LogP contribution >= 0.6 is 23.2 Å². The van der Waals surface area contributed by atoms with Crippen molar-refractivity contribution in [2.75, 3.05) is 23.7 Å². The van der Waals surface area contributed by atoms with E-state index in [1.165, 1.54) is 16.5 Å². The summed E-state index contributed by atoms with van der Waals surface area (Å²) in [5.74, 6) is -0.734. The number of H-pyrrole nitrogens is 2. The van der Waals surface area contributed by atoms with Crippen LogP contribution in [0.5, 0.6) is 5.88 Å². The lowest BCUT2D eigenvalue weighted by Gasteiger charge is -2.27. The Morgan fingerprint density at radius 1 is 0.746 bits per heavy atom. The summed E-state index contributed by atoms with van der Waals surface area (Å²) in [6.45, 7) is 5.21. The number of hydrogen-bond donors (Lipinski definition) is 6. The monoisotopic (exact) mass is 926 g/mol. The first-order valence-electron chi connectivity index (χ1n) is 19.1. The second-order valence-corrected chi connectivity index (χ2v) is 16.8. The Morgan fingerprint density at radius 2 is 1.25 bits per heavy atom. The van der Waals surface area contributed by atoms with Crippen LogP contribution in [-0.2, 0) is 36.0 Å². The number of carbonyl (C=O) groups excluding carboxylic acids is 2. The Bertz CT molecular complexity index is 2700. The minimum absolute atomic E-state index is 0.0651. The highest BCUT2D eigenvalue weighted by Gasteiger charge is 2.49. The number of benzene rings is 4. The molecule has 8 rings (SSSR count). The number of aromatic amines is 2. The molecule has 0 aliphatic carbocycles. The number of fused-ring (bicyclic) bond motifs is 2. The first-order valence-corrected chi connectivity index (χ1v) is 21.3. The van der Waals surface area contributed by atoms with Crippen LogP contribution in [0.1, 0.15) is 33.6 Å². The number of rotatable bonds is 6. The van der Waals surface area contributed by atoms with Crippen molar-refractivity contribution in [2.45, 2.75) is 45.3 Å². The third-order valence-electron chi connectivity index (χ3n) is 9.66. The topological polar surface area (TPSA) is 206 Å². The highest BCUT2D eigenvalue weighted by molar-refractivity contribution is 7.88. The van der Waals surface area contributed by atoms with Gasteiger partial charge >= 0.3 is 34.8 Å². The number of aryl methyl sites for hydroxylation is 2. The fraction of sp³-hybridized carbons (Fsp3) is 0.220. The van der Waals surface area contributed by atoms with E-state index in [4.69, 9.17) is 33.2 Å². The largest absolute Gasteiger partial charge is 0.534 e. The summed E-state index contributed by atoms with van der Waals surface area (Å²) >= 11 is 11.8. The molecule has 15 nitrogen and oxygen atoms in total. The Kier molecular flexibility index (Phi) is 14.7. The summed E-state index contributed by atoms with van der Waals surface area (Å²) in [6, 6.07) is 28.3. The molecule has 4 amide bonds. The maximum atomic E-state index is 12.7. The molecule has 0 fully saturated rings. The van der Waals surface area contributed by atoms with Gasteiger partial charge in [0.15, 0.2) is 0 Å². The normalized spacial score (nSPS) is 13.3. The quantitative estimate of drug-likeness (QED) is 0.0568. The molecule has 2 aliphatic rings. The molecule has 0 bridgehead atoms. The Morgan fingerprint density at radius 3 is 1.76 bits per heavy atom. The molecule has 0 saturated carbocycles. The molecule has 0 atom stereocenters. The number of amides is 4. The van der Waals surface area contributed by atoms with Crippen LogP contribution in [0.4, 0.5) is 34.1 Å². The summed E-state index contributed by atoms with van der Waals surface area (Å²) < 4.78 is 64.0. The average Bonchev–Trinajstić information content (AvgIpc) is 3.84. The number of urea groups is 2. The average molecular weight is 928 g/mol. The van der Waals surface area contributed by atoms with Gasteiger partial charge in [-0.25, -0.2) is 9.59 Å². The molecule has 2 aromatic heterocycles. The van der Waals surface area contributed by atoms with E-state index in [0.717, 1.165) is 34.5 Å². The molecule has 6 N–H and O–H groups in total. The summed E-state index contributed by atoms with van der Waals surface area (Å²) in [5.41, 5.74) is 2.94. The van der Waals surface area contributed by atoms with E-state index < -0.39 is 34.7 Å². The zero-order valence-corrected chi connectivity index (χ0v) is 35.9. The van der Waals surface area contributed by atoms with Gasteiger partial charge in [0.2, 0.25) is 0 Å². The zero-order chi connectivity index (χ0) is 45.5. The van der Waals surface area contributed by atoms with E-state index in [9.17, 15) is 31.2 Å². The standard InChI is InChI=1S/C20H19ClN4O.C14H12ClF3N4O4S.C7H9BO2/c1-13-4-2-5-14(10-13)19-17-12-25(9-8-18(17)23-24-19)20(26)22-16-7-3-6-15(21)11-16;15-8-2-1-3-9(6-8)19-13(23)22-5-4-11-10(7-22)12(21-20-11)26-27(24,25)14(16,17)18;1-6-3-2-4-7(5-6)8(9)10/h2-7,10-11H,8-9,12H2,1H3,(H,22,26)(H,23,24);1-3,6H,4-5,7H2,(H,19,23)(H,20,21);2-5,9-10H,1H3. The fourth-order valence-electron chi connectivity index (χ4n) is 6.53. The Labute approximate surface area is 370 Å². The number of nitrogens with zero attached hydrogens (tertiary/aromatic N) is 4. The number of aromatic nitrogens is 4. The van der Waals surface area contributed by atoms with Crippen molar-refractivity contribution in [3.8, 4) is 17.1 Å². The molecular weight excluding hydrogens is 887 g/mol. The molecule has 330 valence electrons. The van der Waals surface area contributed by atoms with Gasteiger partial charge in [-0.1, -0.05) is 88.9 Å². The number of carbonyl (C=O) groups is 2. The van der Waals surface area contributed by atoms with E-state index in [-0.39, 0.29) is 31.1 Å². The van der Waals surface area contributed by atoms with Crippen LogP contribution in [-0.4, -0.2) is 86.4 Å². The third kappa shape index (κ3) is 12.1. The molecule has 0 spiro atoms. The van der Waals surface area contributed by atoms with Crippen LogP contribution in [0.2, 0.25) is 10.0 Å². The van der Waals surface area contributed by atoms with E-state index in [1.54, 1.807) is 53.4 Å². The number of anilines is 2. The van der Waals surface area contributed by atoms with Crippen LogP contribution in [0.15, 0.2) is 97.1 Å². The smallest absolute Gasteiger partial charge is 0.423 e. The lowest BCUT2D eigenvalue weighted by molar-refractivity contribution is -0.0501. The molecule has 4 heterocycles. The number of hydrogen-bond acceptors (Lipinski definition) is 9. The highest BCUT2D eigenvalue weighted by Crippen LogP contribution is 2.32. The SMILES string of the molecule is Cc1cccc(-c2n[nH]c3c2CN(C(=O)Nc2cccc(Cl)c2)CC3)c1.Cc1cccc(B(O)O)c1.O=C(Nc1cccc(Cl)c1)N1CCc2[nH]nc(OS(=O)(=O)C(F)(F)F)c2C1. The molecule has 22 heteroatoms. The fourth-order valence-corrected chi connectivity index (χ4v) is 7.35. The van der Waals surface area contributed by atoms with Crippen LogP contribution in [0.25, 0.3) is 11.3 Å². The predicted molar refractivity (Wildman–Crippen MR) is 233 cm³/mol. The second kappa shape index (κ2) is 20.0. The van der Waals surface area contributed by atoms with Crippen molar-refractivity contribution in [1.82, 2.24) is 30.2 Å². The summed E-state index contributed by atoms with van der Waals surface area (Å²) in [6.07, 6.45) is 0.998. The first kappa shape index (κ1) is 46.4. The molecule has 63 heavy (non-hydrogen) atoms. The Balaban J connectivity index is 0.000000173. The predicted octanol–water partition coefficient (Wildman–Crippen LogP) is 7.19.